The molecule has 0 amide bonds. The van der Waals surface area contributed by atoms with Crippen molar-refractivity contribution < 1.29 is 0 Å². The fraction of sp³-hybridized carbons (Fsp3) is 0.389. The Balaban J connectivity index is 1.43. The number of hydrogen-bond acceptors (Lipinski definition) is 4. The highest BCUT2D eigenvalue weighted by molar-refractivity contribution is 6.33. The molecule has 5 nitrogen and oxygen atoms in total. The van der Waals surface area contributed by atoms with Crippen LogP contribution in [0.1, 0.15) is 24.2 Å². The molecule has 4 rings (SSSR count). The van der Waals surface area contributed by atoms with E-state index in [0.29, 0.717) is 5.92 Å². The first-order valence-corrected chi connectivity index (χ1v) is 9.24. The molecule has 1 aromatic carbocycles. The van der Waals surface area contributed by atoms with Gasteiger partial charge >= 0.3 is 0 Å². The normalized spacial score (nSPS) is 15.9. The number of hydrogen-bond donors (Lipinski definition) is 0. The summed E-state index contributed by atoms with van der Waals surface area (Å²) in [7, 11) is 0. The van der Waals surface area contributed by atoms with E-state index in [2.05, 4.69) is 20.2 Å². The fourth-order valence-electron chi connectivity index (χ4n) is 3.43. The topological polar surface area (TPSA) is 46.3 Å². The Bertz CT molecular complexity index is 900. The average molecular weight is 376 g/mol. The summed E-state index contributed by atoms with van der Waals surface area (Å²) in [4.78, 5) is 2.33. The van der Waals surface area contributed by atoms with Crippen LogP contribution in [0.25, 0.3) is 5.65 Å². The molecule has 0 N–H and O–H groups in total. The number of nitrogens with zero attached hydrogens (tertiary/aromatic N) is 5. The number of aromatic nitrogens is 4. The highest BCUT2D eigenvalue weighted by atomic mass is 35.5. The van der Waals surface area contributed by atoms with E-state index in [1.807, 2.05) is 37.3 Å². The van der Waals surface area contributed by atoms with Crippen molar-refractivity contribution in [2.75, 3.05) is 18.0 Å². The average Bonchev–Trinajstić information content (AvgIpc) is 2.99. The van der Waals surface area contributed by atoms with Crippen molar-refractivity contribution >= 4 is 34.7 Å². The lowest BCUT2D eigenvalue weighted by Gasteiger charge is -2.32. The number of halogens is 2. The van der Waals surface area contributed by atoms with Gasteiger partial charge in [-0.2, -0.15) is 4.52 Å². The molecular formula is C18H19Cl2N5. The maximum absolute atomic E-state index is 6.31. The molecule has 0 radical (unpaired) electrons. The van der Waals surface area contributed by atoms with Crippen molar-refractivity contribution in [3.63, 3.8) is 0 Å². The van der Waals surface area contributed by atoms with Crippen molar-refractivity contribution in [2.24, 2.45) is 5.92 Å². The lowest BCUT2D eigenvalue weighted by molar-refractivity contribution is 0.401. The van der Waals surface area contributed by atoms with E-state index >= 15 is 0 Å². The first-order chi connectivity index (χ1) is 12.1. The van der Waals surface area contributed by atoms with E-state index in [0.717, 1.165) is 65.3 Å². The second-order valence-electron chi connectivity index (χ2n) is 6.58. The smallest absolute Gasteiger partial charge is 0.178 e. The molecule has 0 atom stereocenters. The zero-order valence-corrected chi connectivity index (χ0v) is 15.5. The molecule has 130 valence electrons. The Kier molecular flexibility index (Phi) is 4.52. The number of rotatable bonds is 3. The predicted molar refractivity (Wildman–Crippen MR) is 101 cm³/mol. The van der Waals surface area contributed by atoms with Gasteiger partial charge in [-0.3, -0.25) is 0 Å². The summed E-state index contributed by atoms with van der Waals surface area (Å²) in [6.07, 6.45) is 3.21. The van der Waals surface area contributed by atoms with Gasteiger partial charge in [0.05, 0.1) is 0 Å². The lowest BCUT2D eigenvalue weighted by atomic mass is 9.90. The van der Waals surface area contributed by atoms with Gasteiger partial charge in [-0.1, -0.05) is 23.2 Å². The Morgan fingerprint density at radius 3 is 2.68 bits per heavy atom. The molecule has 1 saturated heterocycles. The standard InChI is InChI=1S/C18H19Cl2N5/c1-12-21-22-17-4-5-18(23-25(12)17)24-8-6-13(7-9-24)10-14-11-15(19)2-3-16(14)20/h2-5,11,13H,6-10H2,1H3. The van der Waals surface area contributed by atoms with Gasteiger partial charge in [-0.25, -0.2) is 0 Å². The van der Waals surface area contributed by atoms with Gasteiger partial charge < -0.3 is 4.90 Å². The Labute approximate surface area is 156 Å². The first kappa shape index (κ1) is 16.6. The zero-order chi connectivity index (χ0) is 17.4. The fourth-order valence-corrected chi connectivity index (χ4v) is 3.82. The van der Waals surface area contributed by atoms with Gasteiger partial charge in [0.25, 0.3) is 0 Å². The maximum Gasteiger partial charge on any atom is 0.178 e. The van der Waals surface area contributed by atoms with Crippen LogP contribution < -0.4 is 4.90 Å². The second kappa shape index (κ2) is 6.81. The first-order valence-electron chi connectivity index (χ1n) is 8.48. The van der Waals surface area contributed by atoms with Gasteiger partial charge in [0, 0.05) is 23.1 Å². The van der Waals surface area contributed by atoms with Gasteiger partial charge in [0.1, 0.15) is 5.82 Å². The molecule has 0 aliphatic carbocycles. The highest BCUT2D eigenvalue weighted by Gasteiger charge is 2.22. The Morgan fingerprint density at radius 1 is 1.08 bits per heavy atom. The van der Waals surface area contributed by atoms with Gasteiger partial charge in [0.15, 0.2) is 11.5 Å². The van der Waals surface area contributed by atoms with Crippen molar-refractivity contribution in [1.82, 2.24) is 19.8 Å². The largest absolute Gasteiger partial charge is 0.355 e. The SMILES string of the molecule is Cc1nnc2ccc(N3CCC(Cc4cc(Cl)ccc4Cl)CC3)nn12. The van der Waals surface area contributed by atoms with Crippen LogP contribution in [0.2, 0.25) is 10.0 Å². The summed E-state index contributed by atoms with van der Waals surface area (Å²) < 4.78 is 1.80. The van der Waals surface area contributed by atoms with Crippen LogP contribution in [0.3, 0.4) is 0 Å². The molecule has 3 aromatic rings. The quantitative estimate of drug-likeness (QED) is 0.688. The molecule has 1 aliphatic heterocycles. The van der Waals surface area contributed by atoms with Crippen molar-refractivity contribution in [3.05, 3.63) is 51.8 Å². The lowest BCUT2D eigenvalue weighted by Crippen LogP contribution is -2.35. The van der Waals surface area contributed by atoms with Gasteiger partial charge in [0.2, 0.25) is 0 Å². The van der Waals surface area contributed by atoms with E-state index in [-0.39, 0.29) is 0 Å². The monoisotopic (exact) mass is 375 g/mol. The maximum atomic E-state index is 6.31. The number of benzene rings is 1. The third-order valence-corrected chi connectivity index (χ3v) is 5.46. The molecule has 1 aliphatic rings. The minimum Gasteiger partial charge on any atom is -0.355 e. The molecule has 0 bridgehead atoms. The van der Waals surface area contributed by atoms with Crippen molar-refractivity contribution in [3.8, 4) is 0 Å². The summed E-state index contributed by atoms with van der Waals surface area (Å²) in [5.74, 6) is 2.41. The molecule has 0 saturated carbocycles. The van der Waals surface area contributed by atoms with E-state index in [9.17, 15) is 0 Å². The highest BCUT2D eigenvalue weighted by Crippen LogP contribution is 2.29. The van der Waals surface area contributed by atoms with E-state index < -0.39 is 0 Å². The summed E-state index contributed by atoms with van der Waals surface area (Å²) in [6.45, 7) is 3.89. The van der Waals surface area contributed by atoms with Crippen LogP contribution in [0.4, 0.5) is 5.82 Å². The minimum atomic E-state index is 0.618. The Morgan fingerprint density at radius 2 is 1.88 bits per heavy atom. The summed E-state index contributed by atoms with van der Waals surface area (Å²) >= 11 is 12.4. The van der Waals surface area contributed by atoms with Crippen LogP contribution in [-0.4, -0.2) is 32.9 Å². The van der Waals surface area contributed by atoms with Gasteiger partial charge in [-0.05, 0) is 68.0 Å². The summed E-state index contributed by atoms with van der Waals surface area (Å²) in [6, 6.07) is 9.71. The van der Waals surface area contributed by atoms with Crippen molar-refractivity contribution in [1.29, 1.82) is 0 Å². The summed E-state index contributed by atoms with van der Waals surface area (Å²) in [5.41, 5.74) is 1.93. The van der Waals surface area contributed by atoms with Crippen LogP contribution in [-0.2, 0) is 6.42 Å². The third-order valence-electron chi connectivity index (χ3n) is 4.86. The number of fused-ring (bicyclic) bond motifs is 1. The Hall–Kier alpha value is -1.85. The van der Waals surface area contributed by atoms with Gasteiger partial charge in [-0.15, -0.1) is 15.3 Å². The molecule has 7 heteroatoms. The molecular weight excluding hydrogens is 357 g/mol. The minimum absolute atomic E-state index is 0.618. The third kappa shape index (κ3) is 3.44. The molecule has 2 aromatic heterocycles. The van der Waals surface area contributed by atoms with Crippen LogP contribution in [0, 0.1) is 12.8 Å². The van der Waals surface area contributed by atoms with Crippen molar-refractivity contribution in [2.45, 2.75) is 26.2 Å². The van der Waals surface area contributed by atoms with E-state index in [1.165, 1.54) is 0 Å². The molecule has 1 fully saturated rings. The second-order valence-corrected chi connectivity index (χ2v) is 7.42. The molecule has 0 unspecified atom stereocenters. The predicted octanol–water partition coefficient (Wildman–Crippen LogP) is 4.20. The van der Waals surface area contributed by atoms with E-state index in [1.54, 1.807) is 4.52 Å². The van der Waals surface area contributed by atoms with Crippen LogP contribution in [0.5, 0.6) is 0 Å². The van der Waals surface area contributed by atoms with Crippen LogP contribution >= 0.6 is 23.2 Å². The molecule has 0 spiro atoms. The zero-order valence-electron chi connectivity index (χ0n) is 14.0. The molecule has 25 heavy (non-hydrogen) atoms. The number of aryl methyl sites for hydroxylation is 1. The number of anilines is 1. The van der Waals surface area contributed by atoms with E-state index in [4.69, 9.17) is 23.2 Å². The molecule has 3 heterocycles. The van der Waals surface area contributed by atoms with Crippen LogP contribution in [0.15, 0.2) is 30.3 Å². The number of piperidine rings is 1. The summed E-state index contributed by atoms with van der Waals surface area (Å²) in [5, 5.41) is 14.4.